The van der Waals surface area contributed by atoms with E-state index in [2.05, 4.69) is 5.43 Å². The van der Waals surface area contributed by atoms with Gasteiger partial charge in [-0.1, -0.05) is 17.7 Å². The van der Waals surface area contributed by atoms with Gasteiger partial charge in [0.25, 0.3) is 5.91 Å². The number of hydrogen-bond donors (Lipinski definition) is 2. The van der Waals surface area contributed by atoms with Gasteiger partial charge in [-0.05, 0) is 75.1 Å². The Hall–Kier alpha value is -3.01. The molecule has 2 aromatic carbocycles. The maximum absolute atomic E-state index is 14.2. The van der Waals surface area contributed by atoms with Crippen molar-refractivity contribution in [3.63, 3.8) is 0 Å². The SMILES string of the molecule is Cc1ccc(OCC(O)CCC2CCN(NC(=O)c3cn(C4CC4)c4cc(Cl)c(F)cc4c3=O)CC2)cc1F. The number of nitrogens with one attached hydrogen (secondary N) is 1. The Morgan fingerprint density at radius 2 is 1.90 bits per heavy atom. The lowest BCUT2D eigenvalue weighted by molar-refractivity contribution is 0.0645. The van der Waals surface area contributed by atoms with Crippen LogP contribution in [0, 0.1) is 24.5 Å². The summed E-state index contributed by atoms with van der Waals surface area (Å²) in [6.45, 7) is 3.00. The van der Waals surface area contributed by atoms with Crippen molar-refractivity contribution in [2.75, 3.05) is 19.7 Å². The number of aryl methyl sites for hydroxylation is 1. The summed E-state index contributed by atoms with van der Waals surface area (Å²) in [5, 5.41) is 12.2. The quantitative estimate of drug-likeness (QED) is 0.379. The highest BCUT2D eigenvalue weighted by Gasteiger charge is 2.28. The minimum absolute atomic E-state index is 0.0187. The van der Waals surface area contributed by atoms with E-state index in [0.717, 1.165) is 38.2 Å². The molecule has 1 aliphatic carbocycles. The van der Waals surface area contributed by atoms with Crippen LogP contribution < -0.4 is 15.6 Å². The van der Waals surface area contributed by atoms with Crippen LogP contribution in [0.3, 0.4) is 0 Å². The third kappa shape index (κ3) is 6.42. The lowest BCUT2D eigenvalue weighted by Crippen LogP contribution is -2.47. The molecule has 1 atom stereocenters. The maximum Gasteiger partial charge on any atom is 0.271 e. The molecule has 1 aromatic heterocycles. The Labute approximate surface area is 230 Å². The van der Waals surface area contributed by atoms with Gasteiger partial charge in [0.2, 0.25) is 5.43 Å². The fourth-order valence-electron chi connectivity index (χ4n) is 5.07. The van der Waals surface area contributed by atoms with Crippen LogP contribution >= 0.6 is 11.6 Å². The monoisotopic (exact) mass is 559 g/mol. The number of pyridine rings is 1. The highest BCUT2D eigenvalue weighted by Crippen LogP contribution is 2.37. The van der Waals surface area contributed by atoms with Crippen molar-refractivity contribution < 1.29 is 23.4 Å². The van der Waals surface area contributed by atoms with Gasteiger partial charge in [0.1, 0.15) is 29.6 Å². The molecule has 1 saturated carbocycles. The molecule has 1 saturated heterocycles. The van der Waals surface area contributed by atoms with E-state index >= 15 is 0 Å². The van der Waals surface area contributed by atoms with E-state index in [1.807, 2.05) is 4.57 Å². The lowest BCUT2D eigenvalue weighted by atomic mass is 9.92. The Kier molecular flexibility index (Phi) is 8.21. The molecule has 0 bridgehead atoms. The molecule has 0 spiro atoms. The Bertz CT molecular complexity index is 1430. The molecule has 2 fully saturated rings. The molecule has 2 aliphatic rings. The highest BCUT2D eigenvalue weighted by atomic mass is 35.5. The first-order valence-corrected chi connectivity index (χ1v) is 13.7. The number of hydrazine groups is 1. The van der Waals surface area contributed by atoms with Crippen molar-refractivity contribution in [1.82, 2.24) is 15.0 Å². The Morgan fingerprint density at radius 1 is 1.15 bits per heavy atom. The number of halogens is 3. The zero-order valence-corrected chi connectivity index (χ0v) is 22.5. The van der Waals surface area contributed by atoms with E-state index < -0.39 is 23.3 Å². The Morgan fingerprint density at radius 3 is 2.59 bits per heavy atom. The second-order valence-electron chi connectivity index (χ2n) is 10.6. The molecule has 5 rings (SSSR count). The number of rotatable bonds is 9. The summed E-state index contributed by atoms with van der Waals surface area (Å²) < 4.78 is 35.2. The second kappa shape index (κ2) is 11.6. The third-order valence-electron chi connectivity index (χ3n) is 7.63. The van der Waals surface area contributed by atoms with Crippen LogP contribution in [0.4, 0.5) is 8.78 Å². The molecule has 1 unspecified atom stereocenters. The molecule has 1 aliphatic heterocycles. The van der Waals surface area contributed by atoms with E-state index in [1.165, 1.54) is 12.1 Å². The summed E-state index contributed by atoms with van der Waals surface area (Å²) in [6, 6.07) is 7.36. The molecule has 7 nitrogen and oxygen atoms in total. The second-order valence-corrected chi connectivity index (χ2v) is 11.0. The number of aromatic nitrogens is 1. The van der Waals surface area contributed by atoms with Gasteiger partial charge in [-0.2, -0.15) is 0 Å². The highest BCUT2D eigenvalue weighted by molar-refractivity contribution is 6.31. The smallest absolute Gasteiger partial charge is 0.271 e. The van der Waals surface area contributed by atoms with Gasteiger partial charge in [-0.25, -0.2) is 13.8 Å². The lowest BCUT2D eigenvalue weighted by Gasteiger charge is -2.32. The Balaban J connectivity index is 1.13. The first kappa shape index (κ1) is 27.6. The first-order valence-electron chi connectivity index (χ1n) is 13.4. The third-order valence-corrected chi connectivity index (χ3v) is 7.92. The van der Waals surface area contributed by atoms with Crippen LogP contribution in [0.2, 0.25) is 5.02 Å². The molecule has 3 aromatic rings. The number of hydrogen-bond acceptors (Lipinski definition) is 5. The zero-order chi connectivity index (χ0) is 27.7. The summed E-state index contributed by atoms with van der Waals surface area (Å²) in [5.74, 6) is -0.765. The topological polar surface area (TPSA) is 83.8 Å². The minimum Gasteiger partial charge on any atom is -0.491 e. The molecular formula is C29H32ClF2N3O4. The fourth-order valence-corrected chi connectivity index (χ4v) is 5.22. The predicted octanol–water partition coefficient (Wildman–Crippen LogP) is 5.15. The van der Waals surface area contributed by atoms with Crippen LogP contribution in [0.25, 0.3) is 10.9 Å². The molecule has 0 radical (unpaired) electrons. The van der Waals surface area contributed by atoms with Crippen LogP contribution in [0.1, 0.15) is 60.5 Å². The van der Waals surface area contributed by atoms with Crippen molar-refractivity contribution >= 4 is 28.4 Å². The number of nitrogens with zero attached hydrogens (tertiary/aromatic N) is 2. The summed E-state index contributed by atoms with van der Waals surface area (Å²) in [4.78, 5) is 26.2. The average molecular weight is 560 g/mol. The van der Waals surface area contributed by atoms with Crippen LogP contribution in [-0.4, -0.2) is 46.4 Å². The number of amides is 1. The summed E-state index contributed by atoms with van der Waals surface area (Å²) in [6.07, 6.45) is 5.76. The molecule has 2 N–H and O–H groups in total. The van der Waals surface area contributed by atoms with Gasteiger partial charge in [0.15, 0.2) is 0 Å². The zero-order valence-electron chi connectivity index (χ0n) is 21.8. The van der Waals surface area contributed by atoms with E-state index in [9.17, 15) is 23.5 Å². The summed E-state index contributed by atoms with van der Waals surface area (Å²) in [7, 11) is 0. The predicted molar refractivity (Wildman–Crippen MR) is 145 cm³/mol. The van der Waals surface area contributed by atoms with Crippen molar-refractivity contribution in [2.24, 2.45) is 5.92 Å². The minimum atomic E-state index is -0.691. The largest absolute Gasteiger partial charge is 0.491 e. The van der Waals surface area contributed by atoms with Gasteiger partial charge < -0.3 is 14.4 Å². The van der Waals surface area contributed by atoms with Gasteiger partial charge in [0, 0.05) is 36.8 Å². The standard InChI is InChI=1S/C29H32ClF2N3O4/c1-17-2-7-21(12-25(17)31)39-16-20(36)6-3-18-8-10-34(11-9-18)33-29(38)23-15-35(19-4-5-19)27-14-24(30)26(32)13-22(27)28(23)37/h2,7,12-15,18-20,36H,3-6,8-11,16H2,1H3,(H,33,38). The number of carbonyl (C=O) groups excluding carboxylic acids is 1. The van der Waals surface area contributed by atoms with Gasteiger partial charge in [-0.3, -0.25) is 15.0 Å². The summed E-state index contributed by atoms with van der Waals surface area (Å²) in [5.41, 5.74) is 3.38. The normalized spacial score (nSPS) is 17.4. The molecule has 1 amide bonds. The maximum atomic E-state index is 14.2. The number of aliphatic hydroxyl groups excluding tert-OH is 1. The molecule has 10 heteroatoms. The van der Waals surface area contributed by atoms with Crippen molar-refractivity contribution in [3.05, 3.63) is 74.5 Å². The fraction of sp³-hybridized carbons (Fsp3) is 0.448. The van der Waals surface area contributed by atoms with E-state index in [4.69, 9.17) is 16.3 Å². The number of benzene rings is 2. The molecule has 39 heavy (non-hydrogen) atoms. The van der Waals surface area contributed by atoms with E-state index in [1.54, 1.807) is 30.3 Å². The van der Waals surface area contributed by atoms with Crippen molar-refractivity contribution in [1.29, 1.82) is 0 Å². The van der Waals surface area contributed by atoms with Gasteiger partial charge in [0.05, 0.1) is 16.6 Å². The van der Waals surface area contributed by atoms with Gasteiger partial charge in [-0.15, -0.1) is 0 Å². The van der Waals surface area contributed by atoms with Crippen molar-refractivity contribution in [2.45, 2.75) is 57.6 Å². The average Bonchev–Trinajstić information content (AvgIpc) is 3.76. The van der Waals surface area contributed by atoms with Crippen molar-refractivity contribution in [3.8, 4) is 5.75 Å². The van der Waals surface area contributed by atoms with Crippen LogP contribution in [0.5, 0.6) is 5.75 Å². The van der Waals surface area contributed by atoms with E-state index in [-0.39, 0.29) is 34.4 Å². The number of carbonyl (C=O) groups is 1. The summed E-state index contributed by atoms with van der Waals surface area (Å²) >= 11 is 5.96. The molecular weight excluding hydrogens is 528 g/mol. The van der Waals surface area contributed by atoms with Crippen LogP contribution in [0.15, 0.2) is 41.3 Å². The molecule has 208 valence electrons. The number of piperidine rings is 1. The number of ether oxygens (including phenoxy) is 1. The van der Waals surface area contributed by atoms with Gasteiger partial charge >= 0.3 is 0 Å². The van der Waals surface area contributed by atoms with Crippen LogP contribution in [-0.2, 0) is 0 Å². The molecule has 2 heterocycles. The van der Waals surface area contributed by atoms with E-state index in [0.29, 0.717) is 42.3 Å². The number of aliphatic hydroxyl groups is 1. The first-order chi connectivity index (χ1) is 18.7. The number of fused-ring (bicyclic) bond motifs is 1.